The number of piperazine rings is 1. The van der Waals surface area contributed by atoms with E-state index in [1.807, 2.05) is 6.07 Å². The molecule has 194 valence electrons. The third-order valence-corrected chi connectivity index (χ3v) is 7.45. The smallest absolute Gasteiger partial charge is 0.425 e. The topological polar surface area (TPSA) is 96.0 Å². The van der Waals surface area contributed by atoms with E-state index >= 15 is 0 Å². The second-order valence-corrected chi connectivity index (χ2v) is 10.8. The number of carbonyl (C=O) groups is 2. The SMILES string of the molecule is C[C@H](Oc1ccc(S(C)(=O)=O)cc1C(=O)N1CCN(c2cccc3c2CCNC3=O)CC1)C(F)(F)F. The number of hydrogen-bond donors (Lipinski definition) is 1. The lowest BCUT2D eigenvalue weighted by Gasteiger charge is -2.38. The molecule has 0 bridgehead atoms. The molecule has 12 heteroatoms. The van der Waals surface area contributed by atoms with Crippen LogP contribution in [0.25, 0.3) is 0 Å². The predicted octanol–water partition coefficient (Wildman–Crippen LogP) is 2.67. The minimum atomic E-state index is -4.66. The van der Waals surface area contributed by atoms with Gasteiger partial charge in [-0.2, -0.15) is 13.2 Å². The largest absolute Gasteiger partial charge is 0.480 e. The lowest BCUT2D eigenvalue weighted by atomic mass is 9.97. The first-order valence-electron chi connectivity index (χ1n) is 11.4. The Morgan fingerprint density at radius 2 is 1.81 bits per heavy atom. The van der Waals surface area contributed by atoms with Gasteiger partial charge >= 0.3 is 6.18 Å². The van der Waals surface area contributed by atoms with Crippen molar-refractivity contribution in [2.24, 2.45) is 0 Å². The fraction of sp³-hybridized carbons (Fsp3) is 0.417. The lowest BCUT2D eigenvalue weighted by Crippen LogP contribution is -2.49. The van der Waals surface area contributed by atoms with E-state index < -0.39 is 28.0 Å². The maximum atomic E-state index is 13.3. The van der Waals surface area contributed by atoms with Crippen molar-refractivity contribution in [1.82, 2.24) is 10.2 Å². The normalized spacial score (nSPS) is 17.3. The maximum absolute atomic E-state index is 13.3. The number of benzene rings is 2. The van der Waals surface area contributed by atoms with Gasteiger partial charge in [0.05, 0.1) is 10.5 Å². The number of anilines is 1. The molecular weight excluding hydrogens is 499 g/mol. The monoisotopic (exact) mass is 525 g/mol. The van der Waals surface area contributed by atoms with Gasteiger partial charge < -0.3 is 19.9 Å². The predicted molar refractivity (Wildman–Crippen MR) is 126 cm³/mol. The summed E-state index contributed by atoms with van der Waals surface area (Å²) >= 11 is 0. The molecule has 0 aromatic heterocycles. The third-order valence-electron chi connectivity index (χ3n) is 6.34. The van der Waals surface area contributed by atoms with Crippen molar-refractivity contribution in [1.29, 1.82) is 0 Å². The molecule has 4 rings (SSSR count). The molecule has 2 aliphatic heterocycles. The van der Waals surface area contributed by atoms with Crippen LogP contribution in [0.3, 0.4) is 0 Å². The number of nitrogens with zero attached hydrogens (tertiary/aromatic N) is 2. The molecule has 1 fully saturated rings. The Kier molecular flexibility index (Phi) is 6.91. The van der Waals surface area contributed by atoms with Crippen molar-refractivity contribution in [2.75, 3.05) is 43.9 Å². The Balaban J connectivity index is 1.56. The van der Waals surface area contributed by atoms with Gasteiger partial charge in [0.15, 0.2) is 15.9 Å². The van der Waals surface area contributed by atoms with Gasteiger partial charge in [-0.3, -0.25) is 9.59 Å². The fourth-order valence-corrected chi connectivity index (χ4v) is 4.98. The Hall–Kier alpha value is -3.28. The van der Waals surface area contributed by atoms with Crippen LogP contribution in [0.1, 0.15) is 33.2 Å². The van der Waals surface area contributed by atoms with Crippen LogP contribution in [-0.4, -0.2) is 76.4 Å². The van der Waals surface area contributed by atoms with Crippen LogP contribution < -0.4 is 15.0 Å². The zero-order valence-corrected chi connectivity index (χ0v) is 20.6. The first kappa shape index (κ1) is 25.8. The summed E-state index contributed by atoms with van der Waals surface area (Å²) in [6.07, 6.45) is -5.21. The number of alkyl halides is 3. The Labute approximate surface area is 206 Å². The molecule has 2 heterocycles. The number of rotatable bonds is 5. The highest BCUT2D eigenvalue weighted by Crippen LogP contribution is 2.31. The maximum Gasteiger partial charge on any atom is 0.425 e. The summed E-state index contributed by atoms with van der Waals surface area (Å²) in [6, 6.07) is 8.77. The molecule has 0 spiro atoms. The molecule has 1 atom stereocenters. The van der Waals surface area contributed by atoms with E-state index in [9.17, 15) is 31.2 Å². The van der Waals surface area contributed by atoms with Gasteiger partial charge in [0.25, 0.3) is 11.8 Å². The Bertz CT molecular complexity index is 1290. The Morgan fingerprint density at radius 1 is 1.11 bits per heavy atom. The second-order valence-electron chi connectivity index (χ2n) is 8.82. The van der Waals surface area contributed by atoms with Crippen LogP contribution in [0.15, 0.2) is 41.3 Å². The molecule has 1 saturated heterocycles. The molecular formula is C24H26F3N3O5S. The zero-order chi connectivity index (χ0) is 26.3. The van der Waals surface area contributed by atoms with Gasteiger partial charge in [-0.1, -0.05) is 6.07 Å². The minimum absolute atomic E-state index is 0.127. The van der Waals surface area contributed by atoms with Crippen LogP contribution in [0.5, 0.6) is 5.75 Å². The van der Waals surface area contributed by atoms with Gasteiger partial charge in [0.1, 0.15) is 5.75 Å². The summed E-state index contributed by atoms with van der Waals surface area (Å²) in [5.41, 5.74) is 2.24. The van der Waals surface area contributed by atoms with Gasteiger partial charge in [0, 0.05) is 50.2 Å². The van der Waals surface area contributed by atoms with Crippen molar-refractivity contribution in [3.05, 3.63) is 53.1 Å². The number of hydrogen-bond acceptors (Lipinski definition) is 6. The van der Waals surface area contributed by atoms with Crippen molar-refractivity contribution < 1.29 is 35.9 Å². The van der Waals surface area contributed by atoms with Crippen molar-refractivity contribution in [2.45, 2.75) is 30.5 Å². The quantitative estimate of drug-likeness (QED) is 0.645. The number of ether oxygens (including phenoxy) is 1. The van der Waals surface area contributed by atoms with Crippen LogP contribution in [-0.2, 0) is 16.3 Å². The van der Waals surface area contributed by atoms with Gasteiger partial charge in [-0.15, -0.1) is 0 Å². The first-order chi connectivity index (χ1) is 16.9. The highest BCUT2D eigenvalue weighted by atomic mass is 32.2. The highest BCUT2D eigenvalue weighted by molar-refractivity contribution is 7.90. The van der Waals surface area contributed by atoms with Gasteiger partial charge in [-0.05, 0) is 49.2 Å². The average Bonchev–Trinajstić information content (AvgIpc) is 2.82. The van der Waals surface area contributed by atoms with E-state index in [0.29, 0.717) is 31.6 Å². The number of sulfone groups is 1. The van der Waals surface area contributed by atoms with Gasteiger partial charge in [-0.25, -0.2) is 8.42 Å². The summed E-state index contributed by atoms with van der Waals surface area (Å²) in [4.78, 5) is 28.9. The van der Waals surface area contributed by atoms with Crippen molar-refractivity contribution in [3.63, 3.8) is 0 Å². The first-order valence-corrected chi connectivity index (χ1v) is 13.3. The average molecular weight is 526 g/mol. The molecule has 2 aromatic rings. The lowest BCUT2D eigenvalue weighted by molar-refractivity contribution is -0.189. The van der Waals surface area contributed by atoms with E-state index in [2.05, 4.69) is 10.2 Å². The van der Waals surface area contributed by atoms with Crippen LogP contribution >= 0.6 is 0 Å². The highest BCUT2D eigenvalue weighted by Gasteiger charge is 2.39. The molecule has 0 radical (unpaired) electrons. The van der Waals surface area contributed by atoms with E-state index in [1.165, 1.54) is 4.90 Å². The molecule has 0 aliphatic carbocycles. The molecule has 0 unspecified atom stereocenters. The fourth-order valence-electron chi connectivity index (χ4n) is 4.33. The summed E-state index contributed by atoms with van der Waals surface area (Å²) in [5, 5.41) is 2.82. The van der Waals surface area contributed by atoms with Crippen LogP contribution in [0.2, 0.25) is 0 Å². The number of carbonyl (C=O) groups excluding carboxylic acids is 2. The molecule has 2 aliphatic rings. The number of fused-ring (bicyclic) bond motifs is 1. The molecule has 8 nitrogen and oxygen atoms in total. The number of amides is 2. The molecule has 0 saturated carbocycles. The van der Waals surface area contributed by atoms with E-state index in [4.69, 9.17) is 4.74 Å². The van der Waals surface area contributed by atoms with E-state index in [1.54, 1.807) is 12.1 Å². The van der Waals surface area contributed by atoms with Crippen LogP contribution in [0.4, 0.5) is 18.9 Å². The van der Waals surface area contributed by atoms with E-state index in [-0.39, 0.29) is 35.2 Å². The zero-order valence-electron chi connectivity index (χ0n) is 19.8. The third kappa shape index (κ3) is 5.28. The summed E-state index contributed by atoms with van der Waals surface area (Å²) in [7, 11) is -3.71. The standard InChI is InChI=1S/C24H26F3N3O5S/c1-15(24(25,26)27)35-21-7-6-16(36(2,33)34)14-19(21)23(32)30-12-10-29(11-13-30)20-5-3-4-18-17(20)8-9-28-22(18)31/h3-7,14-15H,8-13H2,1-2H3,(H,28,31)/t15-/m0/s1. The molecule has 2 amide bonds. The summed E-state index contributed by atoms with van der Waals surface area (Å²) in [6.45, 7) is 2.74. The molecule has 2 aromatic carbocycles. The van der Waals surface area contributed by atoms with Crippen molar-refractivity contribution >= 4 is 27.3 Å². The number of nitrogens with one attached hydrogen (secondary N) is 1. The Morgan fingerprint density at radius 3 is 2.44 bits per heavy atom. The summed E-state index contributed by atoms with van der Waals surface area (Å²) in [5.74, 6) is -1.07. The molecule has 36 heavy (non-hydrogen) atoms. The molecule has 1 N–H and O–H groups in total. The van der Waals surface area contributed by atoms with Crippen molar-refractivity contribution in [3.8, 4) is 5.75 Å². The van der Waals surface area contributed by atoms with Crippen LogP contribution in [0, 0.1) is 0 Å². The second kappa shape index (κ2) is 9.64. The minimum Gasteiger partial charge on any atom is -0.480 e. The van der Waals surface area contributed by atoms with Gasteiger partial charge in [0.2, 0.25) is 0 Å². The summed E-state index contributed by atoms with van der Waals surface area (Å²) < 4.78 is 68.4. The van der Waals surface area contributed by atoms with E-state index in [0.717, 1.165) is 42.6 Å². The number of halogens is 3.